The Bertz CT molecular complexity index is 352. The molecule has 57 valence electrons. The van der Waals surface area contributed by atoms with Crippen LogP contribution in [-0.4, -0.2) is 61.5 Å². The molecule has 1 aromatic heterocycles. The average Bonchev–Trinajstić information content (AvgIpc) is 1.85. The molecule has 0 fully saturated rings. The summed E-state index contributed by atoms with van der Waals surface area (Å²) in [6.45, 7) is 1.59. The summed E-state index contributed by atoms with van der Waals surface area (Å²) >= 11 is 0. The van der Waals surface area contributed by atoms with Crippen molar-refractivity contribution in [2.45, 2.75) is 6.92 Å². The zero-order valence-corrected chi connectivity index (χ0v) is 10.0. The Morgan fingerprint density at radius 1 is 1.67 bits per heavy atom. The van der Waals surface area contributed by atoms with Crippen molar-refractivity contribution in [3.8, 4) is 11.9 Å². The van der Waals surface area contributed by atoms with Crippen LogP contribution >= 0.6 is 0 Å². The van der Waals surface area contributed by atoms with Crippen molar-refractivity contribution in [1.82, 2.24) is 4.98 Å². The number of hydrogen-bond donors (Lipinski definition) is 2. The molecular formula is C7H6KN2O2. The van der Waals surface area contributed by atoms with Gasteiger partial charge in [-0.15, -0.1) is 0 Å². The summed E-state index contributed by atoms with van der Waals surface area (Å²) in [5.74, 6) is -0.363. The molecule has 0 aliphatic heterocycles. The number of rotatable bonds is 0. The van der Waals surface area contributed by atoms with Crippen molar-refractivity contribution >= 4 is 51.4 Å². The molecular weight excluding hydrogens is 183 g/mol. The van der Waals surface area contributed by atoms with Gasteiger partial charge in [0, 0.05) is 57.5 Å². The molecule has 4 nitrogen and oxygen atoms in total. The maximum absolute atomic E-state index is 10.7. The third kappa shape index (κ3) is 2.44. The van der Waals surface area contributed by atoms with Gasteiger partial charge in [-0.3, -0.25) is 9.78 Å². The molecule has 0 aromatic carbocycles. The number of aryl methyl sites for hydroxylation is 1. The Labute approximate surface area is 112 Å². The van der Waals surface area contributed by atoms with E-state index in [1.54, 1.807) is 13.0 Å². The van der Waals surface area contributed by atoms with E-state index < -0.39 is 5.56 Å². The van der Waals surface area contributed by atoms with Crippen molar-refractivity contribution < 1.29 is 5.11 Å². The minimum absolute atomic E-state index is 0. The van der Waals surface area contributed by atoms with Gasteiger partial charge in [-0.25, -0.2) is 0 Å². The Kier molecular flexibility index (Phi) is 4.74. The van der Waals surface area contributed by atoms with E-state index in [4.69, 9.17) is 10.4 Å². The standard InChI is InChI=1S/C7H6N2O2.K/c1-4-2-6(10)9-7(11)5(4)3-8;/h2H,1H3,(H2,9,10,11);. The Hall–Kier alpha value is -0.124. The summed E-state index contributed by atoms with van der Waals surface area (Å²) in [5.41, 5.74) is 0.192. The number of nitrogens with one attached hydrogen (secondary N) is 1. The molecule has 12 heavy (non-hydrogen) atoms. The molecule has 1 radical (unpaired) electrons. The van der Waals surface area contributed by atoms with Crippen molar-refractivity contribution in [1.29, 1.82) is 5.26 Å². The molecule has 0 spiro atoms. The summed E-state index contributed by atoms with van der Waals surface area (Å²) in [7, 11) is 0. The first-order valence-electron chi connectivity index (χ1n) is 2.98. The van der Waals surface area contributed by atoms with Crippen LogP contribution < -0.4 is 5.56 Å². The zero-order valence-electron chi connectivity index (χ0n) is 6.88. The van der Waals surface area contributed by atoms with Gasteiger partial charge in [0.25, 0.3) is 5.56 Å². The van der Waals surface area contributed by atoms with E-state index in [9.17, 15) is 4.79 Å². The monoisotopic (exact) mass is 189 g/mol. The van der Waals surface area contributed by atoms with Crippen molar-refractivity contribution in [2.24, 2.45) is 0 Å². The fourth-order valence-corrected chi connectivity index (χ4v) is 0.812. The molecule has 1 rings (SSSR count). The Morgan fingerprint density at radius 3 is 2.67 bits per heavy atom. The van der Waals surface area contributed by atoms with E-state index in [1.165, 1.54) is 6.07 Å². The first kappa shape index (κ1) is 11.9. The summed E-state index contributed by atoms with van der Waals surface area (Å²) < 4.78 is 0. The van der Waals surface area contributed by atoms with Crippen LogP contribution in [0.25, 0.3) is 0 Å². The summed E-state index contributed by atoms with van der Waals surface area (Å²) in [4.78, 5) is 12.8. The molecule has 0 bridgehead atoms. The van der Waals surface area contributed by atoms with Gasteiger partial charge in [0.05, 0.1) is 0 Å². The largest absolute Gasteiger partial charge is 0.494 e. The Morgan fingerprint density at radius 2 is 2.25 bits per heavy atom. The molecule has 5 heteroatoms. The third-order valence-electron chi connectivity index (χ3n) is 1.33. The zero-order chi connectivity index (χ0) is 8.43. The SMILES string of the molecule is Cc1cc(=O)[nH]c(O)c1C#N.[K]. The van der Waals surface area contributed by atoms with Crippen LogP contribution in [0.15, 0.2) is 10.9 Å². The average molecular weight is 189 g/mol. The van der Waals surface area contributed by atoms with Crippen LogP contribution in [0.4, 0.5) is 0 Å². The van der Waals surface area contributed by atoms with E-state index in [0.717, 1.165) is 0 Å². The molecule has 0 saturated heterocycles. The van der Waals surface area contributed by atoms with Gasteiger partial charge in [0.1, 0.15) is 11.6 Å². The molecule has 0 aliphatic carbocycles. The first-order chi connectivity index (χ1) is 5.15. The van der Waals surface area contributed by atoms with Crippen LogP contribution in [0.1, 0.15) is 11.1 Å². The predicted molar refractivity (Wildman–Crippen MR) is 43.9 cm³/mol. The second-order valence-electron chi connectivity index (χ2n) is 2.15. The number of aromatic nitrogens is 1. The van der Waals surface area contributed by atoms with E-state index >= 15 is 0 Å². The number of aromatic amines is 1. The van der Waals surface area contributed by atoms with Crippen molar-refractivity contribution in [2.75, 3.05) is 0 Å². The summed E-state index contributed by atoms with van der Waals surface area (Å²) in [6, 6.07) is 3.03. The number of hydrogen-bond acceptors (Lipinski definition) is 3. The second-order valence-corrected chi connectivity index (χ2v) is 2.15. The topological polar surface area (TPSA) is 76.9 Å². The van der Waals surface area contributed by atoms with Gasteiger partial charge in [-0.2, -0.15) is 5.26 Å². The smallest absolute Gasteiger partial charge is 0.251 e. The number of H-pyrrole nitrogens is 1. The second kappa shape index (κ2) is 4.79. The Balaban J connectivity index is 0.00000121. The molecule has 0 amide bonds. The normalized spacial score (nSPS) is 8.33. The van der Waals surface area contributed by atoms with Gasteiger partial charge in [-0.05, 0) is 12.5 Å². The van der Waals surface area contributed by atoms with Crippen LogP contribution in [0.2, 0.25) is 0 Å². The number of nitrogens with zero attached hydrogens (tertiary/aromatic N) is 1. The summed E-state index contributed by atoms with van der Waals surface area (Å²) in [5, 5.41) is 17.5. The van der Waals surface area contributed by atoms with Crippen LogP contribution in [0.5, 0.6) is 5.88 Å². The fourth-order valence-electron chi connectivity index (χ4n) is 0.812. The molecule has 1 heterocycles. The molecule has 2 N–H and O–H groups in total. The minimum Gasteiger partial charge on any atom is -0.494 e. The van der Waals surface area contributed by atoms with E-state index in [0.29, 0.717) is 5.56 Å². The first-order valence-corrected chi connectivity index (χ1v) is 2.98. The predicted octanol–water partition coefficient (Wildman–Crippen LogP) is -0.120. The quantitative estimate of drug-likeness (QED) is 0.558. The molecule has 0 aliphatic rings. The molecule has 0 atom stereocenters. The van der Waals surface area contributed by atoms with E-state index in [2.05, 4.69) is 4.98 Å². The van der Waals surface area contributed by atoms with Gasteiger partial charge in [0.2, 0.25) is 5.88 Å². The van der Waals surface area contributed by atoms with Gasteiger partial charge < -0.3 is 5.11 Å². The van der Waals surface area contributed by atoms with Crippen LogP contribution in [0, 0.1) is 18.3 Å². The fraction of sp³-hybridized carbons (Fsp3) is 0.143. The van der Waals surface area contributed by atoms with Crippen LogP contribution in [0.3, 0.4) is 0 Å². The summed E-state index contributed by atoms with van der Waals surface area (Å²) in [6.07, 6.45) is 0. The molecule has 0 unspecified atom stereocenters. The maximum Gasteiger partial charge on any atom is 0.251 e. The van der Waals surface area contributed by atoms with E-state index in [-0.39, 0.29) is 62.8 Å². The number of pyridine rings is 1. The van der Waals surface area contributed by atoms with Crippen molar-refractivity contribution in [3.05, 3.63) is 27.5 Å². The molecule has 0 saturated carbocycles. The molecule has 1 aromatic rings. The van der Waals surface area contributed by atoms with Gasteiger partial charge in [0.15, 0.2) is 0 Å². The van der Waals surface area contributed by atoms with Gasteiger partial charge >= 0.3 is 0 Å². The van der Waals surface area contributed by atoms with Gasteiger partial charge in [-0.1, -0.05) is 0 Å². The number of aromatic hydroxyl groups is 1. The van der Waals surface area contributed by atoms with Crippen molar-refractivity contribution in [3.63, 3.8) is 0 Å². The van der Waals surface area contributed by atoms with E-state index in [1.807, 2.05) is 0 Å². The maximum atomic E-state index is 10.7. The van der Waals surface area contributed by atoms with Crippen LogP contribution in [-0.2, 0) is 0 Å². The minimum atomic E-state index is -0.404. The third-order valence-corrected chi connectivity index (χ3v) is 1.33. The number of nitriles is 1.